The highest BCUT2D eigenvalue weighted by atomic mass is 35.5. The van der Waals surface area contributed by atoms with Crippen molar-refractivity contribution in [2.24, 2.45) is 0 Å². The molecular weight excluding hydrogens is 288 g/mol. The van der Waals surface area contributed by atoms with Crippen molar-refractivity contribution in [2.75, 3.05) is 32.0 Å². The molecule has 1 atom stereocenters. The summed E-state index contributed by atoms with van der Waals surface area (Å²) < 4.78 is 0. The summed E-state index contributed by atoms with van der Waals surface area (Å²) in [4.78, 5) is 18.7. The van der Waals surface area contributed by atoms with Gasteiger partial charge in [-0.3, -0.25) is 4.79 Å². The Morgan fingerprint density at radius 3 is 2.76 bits per heavy atom. The number of rotatable bonds is 5. The molecule has 0 spiro atoms. The summed E-state index contributed by atoms with van der Waals surface area (Å²) in [6.07, 6.45) is 5.37. The van der Waals surface area contributed by atoms with Crippen molar-refractivity contribution in [3.8, 4) is 0 Å². The number of likely N-dealkylation sites (tertiary alicyclic amines) is 1. The van der Waals surface area contributed by atoms with Gasteiger partial charge in [-0.1, -0.05) is 18.0 Å². The Labute approximate surface area is 131 Å². The third kappa shape index (κ3) is 4.58. The number of hydrogen-bond donors (Lipinski definition) is 2. The van der Waals surface area contributed by atoms with Crippen LogP contribution in [0.15, 0.2) is 12.3 Å². The van der Waals surface area contributed by atoms with Crippen LogP contribution in [0.2, 0.25) is 5.02 Å². The molecule has 2 rings (SSSR count). The first kappa shape index (κ1) is 16.0. The van der Waals surface area contributed by atoms with E-state index >= 15 is 0 Å². The maximum Gasteiger partial charge on any atom is 0.253 e. The summed E-state index contributed by atoms with van der Waals surface area (Å²) in [6, 6.07) is 1.75. The Hall–Kier alpha value is -1.33. The van der Waals surface area contributed by atoms with E-state index in [4.69, 9.17) is 11.6 Å². The molecule has 0 aliphatic carbocycles. The van der Waals surface area contributed by atoms with Crippen molar-refractivity contribution >= 4 is 23.3 Å². The average Bonchev–Trinajstić information content (AvgIpc) is 2.48. The van der Waals surface area contributed by atoms with Gasteiger partial charge in [0.25, 0.3) is 5.91 Å². The van der Waals surface area contributed by atoms with Gasteiger partial charge < -0.3 is 15.5 Å². The third-order valence-electron chi connectivity index (χ3n) is 3.70. The normalized spacial score (nSPS) is 17.3. The largest absolute Gasteiger partial charge is 0.372 e. The molecular formula is C15H23ClN4O. The lowest BCUT2D eigenvalue weighted by molar-refractivity contribution is 0.0925. The summed E-state index contributed by atoms with van der Waals surface area (Å²) in [6.45, 7) is 5.18. The van der Waals surface area contributed by atoms with E-state index in [1.807, 2.05) is 6.92 Å². The van der Waals surface area contributed by atoms with Gasteiger partial charge in [-0.05, 0) is 38.9 Å². The number of hydrogen-bond acceptors (Lipinski definition) is 4. The standard InChI is InChI=1S/C15H23ClN4O/c1-11(10-20-6-4-3-5-7-20)19-15(21)12-8-13(16)14(17-2)18-9-12/h8-9,11H,3-7,10H2,1-2H3,(H,17,18)(H,19,21). The molecule has 2 heterocycles. The van der Waals surface area contributed by atoms with Crippen molar-refractivity contribution in [2.45, 2.75) is 32.2 Å². The number of carbonyl (C=O) groups is 1. The zero-order chi connectivity index (χ0) is 15.2. The van der Waals surface area contributed by atoms with E-state index in [0.717, 1.165) is 19.6 Å². The lowest BCUT2D eigenvalue weighted by Crippen LogP contribution is -2.43. The number of carbonyl (C=O) groups excluding carboxylic acids is 1. The van der Waals surface area contributed by atoms with Gasteiger partial charge in [0.05, 0.1) is 10.6 Å². The number of anilines is 1. The van der Waals surface area contributed by atoms with Crippen LogP contribution in [0.5, 0.6) is 0 Å². The molecule has 1 aliphatic heterocycles. The Morgan fingerprint density at radius 1 is 1.43 bits per heavy atom. The fourth-order valence-electron chi connectivity index (χ4n) is 2.63. The molecule has 1 aliphatic rings. The van der Waals surface area contributed by atoms with E-state index in [0.29, 0.717) is 16.4 Å². The molecule has 1 amide bonds. The van der Waals surface area contributed by atoms with Crippen molar-refractivity contribution in [1.29, 1.82) is 0 Å². The number of piperidine rings is 1. The predicted molar refractivity (Wildman–Crippen MR) is 86.0 cm³/mol. The van der Waals surface area contributed by atoms with Crippen LogP contribution in [0.1, 0.15) is 36.5 Å². The van der Waals surface area contributed by atoms with E-state index in [2.05, 4.69) is 20.5 Å². The fraction of sp³-hybridized carbons (Fsp3) is 0.600. The molecule has 0 bridgehead atoms. The van der Waals surface area contributed by atoms with E-state index in [1.54, 1.807) is 19.3 Å². The van der Waals surface area contributed by atoms with Crippen LogP contribution >= 0.6 is 11.6 Å². The summed E-state index contributed by atoms with van der Waals surface area (Å²) in [7, 11) is 1.74. The summed E-state index contributed by atoms with van der Waals surface area (Å²) in [5.74, 6) is 0.450. The zero-order valence-electron chi connectivity index (χ0n) is 12.7. The molecule has 1 aromatic heterocycles. The average molecular weight is 311 g/mol. The lowest BCUT2D eigenvalue weighted by Gasteiger charge is -2.29. The molecule has 0 radical (unpaired) electrons. The first-order valence-electron chi connectivity index (χ1n) is 7.46. The molecule has 1 saturated heterocycles. The van der Waals surface area contributed by atoms with Crippen molar-refractivity contribution in [1.82, 2.24) is 15.2 Å². The van der Waals surface area contributed by atoms with Gasteiger partial charge >= 0.3 is 0 Å². The van der Waals surface area contributed by atoms with Gasteiger partial charge in [-0.2, -0.15) is 0 Å². The molecule has 0 aromatic carbocycles. The van der Waals surface area contributed by atoms with E-state index in [1.165, 1.54) is 19.3 Å². The molecule has 116 valence electrons. The van der Waals surface area contributed by atoms with Crippen molar-refractivity contribution in [3.63, 3.8) is 0 Å². The monoisotopic (exact) mass is 310 g/mol. The number of amides is 1. The van der Waals surface area contributed by atoms with E-state index in [9.17, 15) is 4.79 Å². The van der Waals surface area contributed by atoms with Crippen LogP contribution in [0.25, 0.3) is 0 Å². The third-order valence-corrected chi connectivity index (χ3v) is 3.99. The number of halogens is 1. The molecule has 6 heteroatoms. The van der Waals surface area contributed by atoms with Gasteiger partial charge in [0, 0.05) is 25.8 Å². The van der Waals surface area contributed by atoms with Gasteiger partial charge in [0.1, 0.15) is 5.82 Å². The molecule has 1 aromatic rings. The van der Waals surface area contributed by atoms with Gasteiger partial charge in [0.15, 0.2) is 0 Å². The van der Waals surface area contributed by atoms with Crippen LogP contribution < -0.4 is 10.6 Å². The second kappa shape index (κ2) is 7.61. The SMILES string of the molecule is CNc1ncc(C(=O)NC(C)CN2CCCCC2)cc1Cl. The van der Waals surface area contributed by atoms with Crippen LogP contribution in [0.4, 0.5) is 5.82 Å². The van der Waals surface area contributed by atoms with E-state index < -0.39 is 0 Å². The second-order valence-electron chi connectivity index (χ2n) is 5.54. The number of nitrogens with zero attached hydrogens (tertiary/aromatic N) is 2. The Bertz CT molecular complexity index is 489. The van der Waals surface area contributed by atoms with Crippen LogP contribution in [-0.4, -0.2) is 48.5 Å². The number of aromatic nitrogens is 1. The highest BCUT2D eigenvalue weighted by Crippen LogP contribution is 2.19. The maximum absolute atomic E-state index is 12.2. The summed E-state index contributed by atoms with van der Waals surface area (Å²) in [5, 5.41) is 6.34. The summed E-state index contributed by atoms with van der Waals surface area (Å²) in [5.41, 5.74) is 0.490. The molecule has 1 unspecified atom stereocenters. The lowest BCUT2D eigenvalue weighted by atomic mass is 10.1. The molecule has 2 N–H and O–H groups in total. The fourth-order valence-corrected chi connectivity index (χ4v) is 2.89. The van der Waals surface area contributed by atoms with Gasteiger partial charge in [-0.25, -0.2) is 4.98 Å². The first-order chi connectivity index (χ1) is 10.1. The van der Waals surface area contributed by atoms with Crippen LogP contribution in [-0.2, 0) is 0 Å². The Kier molecular flexibility index (Phi) is 5.82. The van der Waals surface area contributed by atoms with Crippen LogP contribution in [0.3, 0.4) is 0 Å². The Morgan fingerprint density at radius 2 is 2.14 bits per heavy atom. The second-order valence-corrected chi connectivity index (χ2v) is 5.95. The van der Waals surface area contributed by atoms with Gasteiger partial charge in [0.2, 0.25) is 0 Å². The number of pyridine rings is 1. The van der Waals surface area contributed by atoms with E-state index in [-0.39, 0.29) is 11.9 Å². The topological polar surface area (TPSA) is 57.3 Å². The highest BCUT2D eigenvalue weighted by molar-refractivity contribution is 6.33. The minimum Gasteiger partial charge on any atom is -0.372 e. The molecule has 21 heavy (non-hydrogen) atoms. The minimum atomic E-state index is -0.128. The smallest absolute Gasteiger partial charge is 0.253 e. The summed E-state index contributed by atoms with van der Waals surface area (Å²) >= 11 is 6.05. The maximum atomic E-state index is 12.2. The zero-order valence-corrected chi connectivity index (χ0v) is 13.4. The minimum absolute atomic E-state index is 0.110. The molecule has 1 fully saturated rings. The number of nitrogens with one attached hydrogen (secondary N) is 2. The van der Waals surface area contributed by atoms with Crippen LogP contribution in [0, 0.1) is 0 Å². The van der Waals surface area contributed by atoms with Crippen molar-refractivity contribution in [3.05, 3.63) is 22.8 Å². The molecule has 0 saturated carbocycles. The quantitative estimate of drug-likeness (QED) is 0.877. The Balaban J connectivity index is 1.89. The molecule has 5 nitrogen and oxygen atoms in total. The predicted octanol–water partition coefficient (Wildman–Crippen LogP) is 2.38. The highest BCUT2D eigenvalue weighted by Gasteiger charge is 2.16. The van der Waals surface area contributed by atoms with Gasteiger partial charge in [-0.15, -0.1) is 0 Å². The first-order valence-corrected chi connectivity index (χ1v) is 7.84. The van der Waals surface area contributed by atoms with Crippen molar-refractivity contribution < 1.29 is 4.79 Å².